The molecule has 1 aliphatic carbocycles. The number of alkyl halides is 4. The Hall–Kier alpha value is -1.68. The van der Waals surface area contributed by atoms with Crippen LogP contribution in [0.15, 0.2) is 6.07 Å². The Labute approximate surface area is 185 Å². The molecule has 3 aliphatic heterocycles. The topological polar surface area (TPSA) is 53.5 Å². The van der Waals surface area contributed by atoms with Crippen LogP contribution in [0.25, 0.3) is 0 Å². The van der Waals surface area contributed by atoms with E-state index in [2.05, 4.69) is 20.4 Å². The van der Waals surface area contributed by atoms with E-state index in [1.807, 2.05) is 0 Å². The van der Waals surface area contributed by atoms with Gasteiger partial charge in [-0.3, -0.25) is 0 Å². The molecule has 1 aromatic heterocycles. The van der Waals surface area contributed by atoms with Crippen molar-refractivity contribution in [3.05, 3.63) is 11.6 Å². The van der Waals surface area contributed by atoms with Crippen molar-refractivity contribution in [2.24, 2.45) is 17.8 Å². The highest BCUT2D eigenvalue weighted by molar-refractivity contribution is 5.53. The molecule has 6 nitrogen and oxygen atoms in total. The molecule has 10 heteroatoms. The lowest BCUT2D eigenvalue weighted by atomic mass is 10.00. The van der Waals surface area contributed by atoms with E-state index in [9.17, 15) is 17.6 Å². The van der Waals surface area contributed by atoms with Crippen LogP contribution in [0.4, 0.5) is 29.2 Å². The van der Waals surface area contributed by atoms with Crippen LogP contribution < -0.4 is 10.2 Å². The van der Waals surface area contributed by atoms with Gasteiger partial charge in [-0.1, -0.05) is 0 Å². The van der Waals surface area contributed by atoms with Crippen molar-refractivity contribution in [1.82, 2.24) is 15.1 Å². The molecule has 0 unspecified atom stereocenters. The first-order chi connectivity index (χ1) is 15.3. The number of anilines is 2. The minimum atomic E-state index is -4.54. The molecule has 4 heterocycles. The molecule has 178 valence electrons. The van der Waals surface area contributed by atoms with Crippen molar-refractivity contribution in [3.8, 4) is 0 Å². The molecule has 3 saturated heterocycles. The number of nitrogens with zero attached hydrogens (tertiary/aromatic N) is 4. The molecule has 5 rings (SSSR count). The van der Waals surface area contributed by atoms with Crippen molar-refractivity contribution >= 4 is 11.6 Å². The molecule has 0 spiro atoms. The number of rotatable bonds is 5. The molecule has 0 amide bonds. The van der Waals surface area contributed by atoms with Crippen molar-refractivity contribution in [1.29, 1.82) is 0 Å². The molecule has 1 N–H and O–H groups in total. The second-order valence-electron chi connectivity index (χ2n) is 9.90. The maximum Gasteiger partial charge on any atom is 0.420 e. The average Bonchev–Trinajstić information content (AvgIpc) is 3.43. The molecular formula is C22H31F4N5O. The Morgan fingerprint density at radius 1 is 1.03 bits per heavy atom. The normalized spacial score (nSPS) is 31.9. The van der Waals surface area contributed by atoms with Gasteiger partial charge in [0.15, 0.2) is 11.6 Å². The fourth-order valence-electron chi connectivity index (χ4n) is 5.94. The maximum absolute atomic E-state index is 13.8. The zero-order valence-electron chi connectivity index (χ0n) is 18.2. The number of hydrogen-bond donors (Lipinski definition) is 1. The molecule has 4 atom stereocenters. The van der Waals surface area contributed by atoms with E-state index >= 15 is 0 Å². The second kappa shape index (κ2) is 8.93. The quantitative estimate of drug-likeness (QED) is 0.682. The Morgan fingerprint density at radius 2 is 1.75 bits per heavy atom. The minimum Gasteiger partial charge on any atom is -0.381 e. The third-order valence-electron chi connectivity index (χ3n) is 7.57. The Kier molecular flexibility index (Phi) is 6.17. The number of halogens is 4. The number of fused-ring (bicyclic) bond motifs is 1. The number of hydrogen-bond acceptors (Lipinski definition) is 6. The zero-order valence-corrected chi connectivity index (χ0v) is 18.2. The van der Waals surface area contributed by atoms with Gasteiger partial charge in [0.05, 0.1) is 6.54 Å². The van der Waals surface area contributed by atoms with Gasteiger partial charge in [0, 0.05) is 45.4 Å². The first-order valence-electron chi connectivity index (χ1n) is 11.8. The van der Waals surface area contributed by atoms with Gasteiger partial charge in [0.1, 0.15) is 11.7 Å². The number of nitrogens with one attached hydrogen (secondary N) is 1. The Morgan fingerprint density at radius 3 is 2.38 bits per heavy atom. The zero-order chi connectivity index (χ0) is 22.3. The van der Waals surface area contributed by atoms with Crippen LogP contribution in [0.1, 0.15) is 37.7 Å². The van der Waals surface area contributed by atoms with Gasteiger partial charge in [-0.15, -0.1) is 10.2 Å². The molecule has 1 saturated carbocycles. The largest absolute Gasteiger partial charge is 0.420 e. The van der Waals surface area contributed by atoms with Gasteiger partial charge in [0.2, 0.25) is 0 Å². The monoisotopic (exact) mass is 457 g/mol. The standard InChI is InChI=1S/C22H31F4N5O/c23-17-1-4-31(13-17)20-9-19(22(24,25)26)21(29-28-20)27-18-7-15-11-30(12-16(15)8-18)10-14-2-5-32-6-3-14/h9,14-18H,1-8,10-13H2,(H,27,29)/t15-,16+,17-,18-/m1/s1. The molecular weight excluding hydrogens is 426 g/mol. The first-order valence-corrected chi connectivity index (χ1v) is 11.8. The SMILES string of the molecule is F[C@@H]1CCN(c2cc(C(F)(F)F)c(N[C@@H]3C[C@@H]4CN(CC5CCOCC5)C[C@@H]4C3)nn2)C1. The highest BCUT2D eigenvalue weighted by atomic mass is 19.4. The fraction of sp³-hybridized carbons (Fsp3) is 0.818. The summed E-state index contributed by atoms with van der Waals surface area (Å²) in [6, 6.07) is 0.983. The van der Waals surface area contributed by atoms with Crippen LogP contribution in [0, 0.1) is 17.8 Å². The van der Waals surface area contributed by atoms with Gasteiger partial charge in [0.25, 0.3) is 0 Å². The smallest absolute Gasteiger partial charge is 0.381 e. The third-order valence-corrected chi connectivity index (χ3v) is 7.57. The van der Waals surface area contributed by atoms with E-state index in [-0.39, 0.29) is 24.2 Å². The van der Waals surface area contributed by atoms with Crippen LogP contribution in [0.3, 0.4) is 0 Å². The van der Waals surface area contributed by atoms with Crippen LogP contribution in [0.2, 0.25) is 0 Å². The third kappa shape index (κ3) is 4.81. The van der Waals surface area contributed by atoms with E-state index in [1.165, 1.54) is 4.90 Å². The summed E-state index contributed by atoms with van der Waals surface area (Å²) in [7, 11) is 0. The molecule has 1 aromatic rings. The molecule has 0 radical (unpaired) electrons. The number of aromatic nitrogens is 2. The summed E-state index contributed by atoms with van der Waals surface area (Å²) < 4.78 is 60.2. The van der Waals surface area contributed by atoms with Crippen molar-refractivity contribution in [3.63, 3.8) is 0 Å². The fourth-order valence-corrected chi connectivity index (χ4v) is 5.94. The maximum atomic E-state index is 13.8. The predicted molar refractivity (Wildman–Crippen MR) is 112 cm³/mol. The summed E-state index contributed by atoms with van der Waals surface area (Å²) in [6.45, 7) is 5.28. The highest BCUT2D eigenvalue weighted by Crippen LogP contribution is 2.42. The minimum absolute atomic E-state index is 0.0292. The number of ether oxygens (including phenoxy) is 1. The van der Waals surface area contributed by atoms with Crippen LogP contribution in [-0.4, -0.2) is 73.2 Å². The average molecular weight is 458 g/mol. The lowest BCUT2D eigenvalue weighted by Crippen LogP contribution is -2.32. The summed E-state index contributed by atoms with van der Waals surface area (Å²) in [4.78, 5) is 4.06. The molecule has 0 aromatic carbocycles. The van der Waals surface area contributed by atoms with E-state index in [0.29, 0.717) is 30.7 Å². The first kappa shape index (κ1) is 22.1. The summed E-state index contributed by atoms with van der Waals surface area (Å²) in [5.41, 5.74) is -0.817. The predicted octanol–water partition coefficient (Wildman–Crippen LogP) is 3.59. The lowest BCUT2D eigenvalue weighted by Gasteiger charge is -2.28. The summed E-state index contributed by atoms with van der Waals surface area (Å²) >= 11 is 0. The number of likely N-dealkylation sites (tertiary alicyclic amines) is 1. The van der Waals surface area contributed by atoms with Crippen molar-refractivity contribution in [2.45, 2.75) is 50.5 Å². The van der Waals surface area contributed by atoms with E-state index < -0.39 is 17.9 Å². The second-order valence-corrected chi connectivity index (χ2v) is 9.90. The molecule has 0 bridgehead atoms. The summed E-state index contributed by atoms with van der Waals surface area (Å²) in [5.74, 6) is 1.61. The molecule has 4 aliphatic rings. The molecule has 32 heavy (non-hydrogen) atoms. The van der Waals surface area contributed by atoms with Gasteiger partial charge < -0.3 is 19.9 Å². The van der Waals surface area contributed by atoms with Gasteiger partial charge in [-0.05, 0) is 55.9 Å². The Balaban J connectivity index is 1.20. The summed E-state index contributed by atoms with van der Waals surface area (Å²) in [6.07, 6.45) is -1.33. The van der Waals surface area contributed by atoms with Crippen molar-refractivity contribution < 1.29 is 22.3 Å². The van der Waals surface area contributed by atoms with Crippen LogP contribution in [-0.2, 0) is 10.9 Å². The van der Waals surface area contributed by atoms with E-state index in [0.717, 1.165) is 64.6 Å². The Bertz CT molecular complexity index is 789. The van der Waals surface area contributed by atoms with E-state index in [4.69, 9.17) is 4.74 Å². The van der Waals surface area contributed by atoms with E-state index in [1.54, 1.807) is 0 Å². The van der Waals surface area contributed by atoms with Crippen molar-refractivity contribution in [2.75, 3.05) is 56.2 Å². The highest BCUT2D eigenvalue weighted by Gasteiger charge is 2.43. The summed E-state index contributed by atoms with van der Waals surface area (Å²) in [5, 5.41) is 10.9. The lowest BCUT2D eigenvalue weighted by molar-refractivity contribution is -0.137. The van der Waals surface area contributed by atoms with Gasteiger partial charge in [-0.2, -0.15) is 13.2 Å². The van der Waals surface area contributed by atoms with Crippen LogP contribution in [0.5, 0.6) is 0 Å². The van der Waals surface area contributed by atoms with Crippen LogP contribution >= 0.6 is 0 Å². The molecule has 4 fully saturated rings. The van der Waals surface area contributed by atoms with Gasteiger partial charge in [-0.25, -0.2) is 4.39 Å². The van der Waals surface area contributed by atoms with Gasteiger partial charge >= 0.3 is 6.18 Å².